The lowest BCUT2D eigenvalue weighted by Crippen LogP contribution is -2.71. The van der Waals surface area contributed by atoms with Crippen LogP contribution in [-0.4, -0.2) is 29.6 Å². The Morgan fingerprint density at radius 3 is 1.73 bits per heavy atom. The van der Waals surface area contributed by atoms with Crippen LogP contribution in [0.25, 0.3) is 0 Å². The highest BCUT2D eigenvalue weighted by atomic mass is 19.4. The third kappa shape index (κ3) is 0.908. The highest BCUT2D eigenvalue weighted by Crippen LogP contribution is 2.49. The van der Waals surface area contributed by atoms with E-state index < -0.39 is 24.5 Å². The summed E-state index contributed by atoms with van der Waals surface area (Å²) in [5.74, 6) is -8.51. The molecule has 1 aliphatic heterocycles. The Labute approximate surface area is 57.6 Å². The van der Waals surface area contributed by atoms with Gasteiger partial charge in [0.1, 0.15) is 6.61 Å². The van der Waals surface area contributed by atoms with Crippen LogP contribution < -0.4 is 0 Å². The maximum atomic E-state index is 12.0. The van der Waals surface area contributed by atoms with Crippen molar-refractivity contribution in [3.8, 4) is 0 Å². The summed E-state index contributed by atoms with van der Waals surface area (Å²) < 4.78 is 61.9. The quantitative estimate of drug-likeness (QED) is 0.558. The van der Waals surface area contributed by atoms with Gasteiger partial charge in [-0.1, -0.05) is 0 Å². The van der Waals surface area contributed by atoms with Gasteiger partial charge < -0.3 is 9.84 Å². The molecule has 2 nitrogen and oxygen atoms in total. The molecule has 1 rings (SSSR count). The van der Waals surface area contributed by atoms with Gasteiger partial charge in [-0.3, -0.25) is 0 Å². The van der Waals surface area contributed by atoms with Crippen molar-refractivity contribution in [2.45, 2.75) is 17.9 Å². The third-order valence-electron chi connectivity index (χ3n) is 1.34. The van der Waals surface area contributed by atoms with E-state index in [4.69, 9.17) is 5.11 Å². The lowest BCUT2D eigenvalue weighted by molar-refractivity contribution is -0.498. The van der Waals surface area contributed by atoms with E-state index in [-0.39, 0.29) is 0 Å². The molecule has 0 radical (unpaired) electrons. The Kier molecular flexibility index (Phi) is 1.45. The Hall–Kier alpha value is -0.430. The summed E-state index contributed by atoms with van der Waals surface area (Å²) >= 11 is 0. The van der Waals surface area contributed by atoms with Gasteiger partial charge in [-0.25, -0.2) is 0 Å². The molecular weight excluding hydrogens is 175 g/mol. The van der Waals surface area contributed by atoms with E-state index in [0.717, 1.165) is 0 Å². The SMILES string of the molecule is OC1(C(F)(F)F)OCC1(F)F. The molecule has 1 aliphatic rings. The molecule has 0 amide bonds. The van der Waals surface area contributed by atoms with Crippen molar-refractivity contribution >= 4 is 0 Å². The minimum absolute atomic E-state index is 1.40. The molecule has 0 aromatic carbocycles. The van der Waals surface area contributed by atoms with Crippen molar-refractivity contribution in [3.05, 3.63) is 0 Å². The van der Waals surface area contributed by atoms with E-state index in [2.05, 4.69) is 4.74 Å². The lowest BCUT2D eigenvalue weighted by atomic mass is 10.0. The molecule has 1 heterocycles. The second-order valence-corrected chi connectivity index (χ2v) is 2.13. The molecule has 1 N–H and O–H groups in total. The summed E-state index contributed by atoms with van der Waals surface area (Å²) in [6.45, 7) is -1.40. The molecule has 0 bridgehead atoms. The second-order valence-electron chi connectivity index (χ2n) is 2.13. The number of alkyl halides is 5. The van der Waals surface area contributed by atoms with Crippen LogP contribution in [0, 0.1) is 0 Å². The average molecular weight is 178 g/mol. The van der Waals surface area contributed by atoms with Crippen molar-refractivity contribution in [3.63, 3.8) is 0 Å². The summed E-state index contributed by atoms with van der Waals surface area (Å²) in [4.78, 5) is 0. The van der Waals surface area contributed by atoms with Crippen LogP contribution >= 0.6 is 0 Å². The predicted molar refractivity (Wildman–Crippen MR) is 21.9 cm³/mol. The molecule has 1 unspecified atom stereocenters. The van der Waals surface area contributed by atoms with E-state index in [1.165, 1.54) is 0 Å². The minimum Gasteiger partial charge on any atom is -0.354 e. The molecule has 1 atom stereocenters. The molecular formula is C4H3F5O2. The summed E-state index contributed by atoms with van der Waals surface area (Å²) in [7, 11) is 0. The van der Waals surface area contributed by atoms with Crippen molar-refractivity contribution in [2.75, 3.05) is 6.61 Å². The van der Waals surface area contributed by atoms with Crippen molar-refractivity contribution in [1.82, 2.24) is 0 Å². The zero-order chi connectivity index (χ0) is 8.91. The number of rotatable bonds is 0. The smallest absolute Gasteiger partial charge is 0.354 e. The van der Waals surface area contributed by atoms with E-state index in [1.54, 1.807) is 0 Å². The first-order valence-electron chi connectivity index (χ1n) is 2.51. The van der Waals surface area contributed by atoms with Crippen LogP contribution in [0.4, 0.5) is 22.0 Å². The monoisotopic (exact) mass is 178 g/mol. The molecule has 66 valence electrons. The van der Waals surface area contributed by atoms with Gasteiger partial charge in [0.15, 0.2) is 0 Å². The Morgan fingerprint density at radius 2 is 1.73 bits per heavy atom. The van der Waals surface area contributed by atoms with Crippen LogP contribution in [-0.2, 0) is 4.74 Å². The highest BCUT2D eigenvalue weighted by Gasteiger charge is 2.77. The topological polar surface area (TPSA) is 29.5 Å². The summed E-state index contributed by atoms with van der Waals surface area (Å²) in [6, 6.07) is 0. The summed E-state index contributed by atoms with van der Waals surface area (Å²) in [5, 5.41) is 8.18. The standard InChI is InChI=1S/C4H3F5O2/c5-2(6)1-11-3(2,10)4(7,8)9/h10H,1H2. The van der Waals surface area contributed by atoms with E-state index >= 15 is 0 Å². The van der Waals surface area contributed by atoms with Crippen molar-refractivity contribution in [1.29, 1.82) is 0 Å². The van der Waals surface area contributed by atoms with Crippen molar-refractivity contribution < 1.29 is 31.8 Å². The van der Waals surface area contributed by atoms with Crippen LogP contribution in [0.1, 0.15) is 0 Å². The van der Waals surface area contributed by atoms with Gasteiger partial charge in [0.2, 0.25) is 0 Å². The van der Waals surface area contributed by atoms with Gasteiger partial charge in [0.05, 0.1) is 0 Å². The van der Waals surface area contributed by atoms with E-state index in [1.807, 2.05) is 0 Å². The van der Waals surface area contributed by atoms with Crippen molar-refractivity contribution in [2.24, 2.45) is 0 Å². The molecule has 0 spiro atoms. The molecule has 0 aliphatic carbocycles. The Morgan fingerprint density at radius 1 is 1.27 bits per heavy atom. The normalized spacial score (nSPS) is 36.5. The van der Waals surface area contributed by atoms with Gasteiger partial charge >= 0.3 is 17.9 Å². The van der Waals surface area contributed by atoms with Gasteiger partial charge in [-0.15, -0.1) is 0 Å². The fourth-order valence-electron chi connectivity index (χ4n) is 0.607. The number of hydrogen-bond donors (Lipinski definition) is 1. The molecule has 1 fully saturated rings. The maximum Gasteiger partial charge on any atom is 0.449 e. The predicted octanol–water partition coefficient (Wildman–Crippen LogP) is 0.903. The van der Waals surface area contributed by atoms with Crippen LogP contribution in [0.2, 0.25) is 0 Å². The fraction of sp³-hybridized carbons (Fsp3) is 1.00. The highest BCUT2D eigenvalue weighted by molar-refractivity contribution is 4.99. The zero-order valence-electron chi connectivity index (χ0n) is 4.95. The Bertz CT molecular complexity index is 164. The molecule has 11 heavy (non-hydrogen) atoms. The van der Waals surface area contributed by atoms with Gasteiger partial charge in [-0.2, -0.15) is 22.0 Å². The molecule has 7 heteroatoms. The Balaban J connectivity index is 2.86. The first kappa shape index (κ1) is 8.66. The molecule has 0 saturated carbocycles. The van der Waals surface area contributed by atoms with Crippen LogP contribution in [0.5, 0.6) is 0 Å². The third-order valence-corrected chi connectivity index (χ3v) is 1.34. The molecule has 1 saturated heterocycles. The molecule has 0 aromatic rings. The second kappa shape index (κ2) is 1.84. The summed E-state index contributed by atoms with van der Waals surface area (Å²) in [5.41, 5.74) is 0. The number of hydrogen-bond acceptors (Lipinski definition) is 2. The lowest BCUT2D eigenvalue weighted by Gasteiger charge is -2.44. The van der Waals surface area contributed by atoms with Gasteiger partial charge in [-0.05, 0) is 0 Å². The first-order chi connectivity index (χ1) is 4.71. The zero-order valence-corrected chi connectivity index (χ0v) is 4.95. The van der Waals surface area contributed by atoms with Crippen LogP contribution in [0.15, 0.2) is 0 Å². The average Bonchev–Trinajstić information content (AvgIpc) is 1.81. The van der Waals surface area contributed by atoms with E-state index in [9.17, 15) is 22.0 Å². The van der Waals surface area contributed by atoms with E-state index in [0.29, 0.717) is 0 Å². The fourth-order valence-corrected chi connectivity index (χ4v) is 0.607. The largest absolute Gasteiger partial charge is 0.449 e. The number of aliphatic hydroxyl groups is 1. The first-order valence-corrected chi connectivity index (χ1v) is 2.51. The molecule has 0 aromatic heterocycles. The number of halogens is 5. The van der Waals surface area contributed by atoms with Gasteiger partial charge in [0, 0.05) is 0 Å². The number of ether oxygens (including phenoxy) is 1. The van der Waals surface area contributed by atoms with Gasteiger partial charge in [0.25, 0.3) is 0 Å². The maximum absolute atomic E-state index is 12.0. The minimum atomic E-state index is -5.45. The summed E-state index contributed by atoms with van der Waals surface area (Å²) in [6.07, 6.45) is -5.45. The van der Waals surface area contributed by atoms with Crippen LogP contribution in [0.3, 0.4) is 0 Å².